The van der Waals surface area contributed by atoms with Crippen molar-refractivity contribution in [3.63, 3.8) is 0 Å². The molecule has 3 N–H and O–H groups in total. The molecule has 0 aliphatic rings. The maximum absolute atomic E-state index is 12.1. The minimum Gasteiger partial charge on any atom is -0.480 e. The van der Waals surface area contributed by atoms with Gasteiger partial charge in [-0.25, -0.2) is 4.79 Å². The van der Waals surface area contributed by atoms with Crippen LogP contribution in [0.2, 0.25) is 0 Å². The van der Waals surface area contributed by atoms with Crippen molar-refractivity contribution in [3.05, 3.63) is 46.4 Å². The summed E-state index contributed by atoms with van der Waals surface area (Å²) in [5.41, 5.74) is -0.327. The Bertz CT molecular complexity index is 731. The van der Waals surface area contributed by atoms with Crippen molar-refractivity contribution in [3.8, 4) is 11.5 Å². The third-order valence-electron chi connectivity index (χ3n) is 3.16. The number of hydrogen-bond donors (Lipinski definition) is 3. The second-order valence-corrected chi connectivity index (χ2v) is 5.13. The molecule has 0 fully saturated rings. The number of nitrogens with one attached hydrogen (secondary N) is 2. The number of rotatable bonds is 5. The van der Waals surface area contributed by atoms with Crippen LogP contribution < -0.4 is 10.9 Å². The van der Waals surface area contributed by atoms with Gasteiger partial charge in [-0.15, -0.1) is 0 Å². The van der Waals surface area contributed by atoms with Gasteiger partial charge in [0.05, 0.1) is 12.0 Å². The van der Waals surface area contributed by atoms with Crippen LogP contribution in [0.3, 0.4) is 0 Å². The lowest BCUT2D eigenvalue weighted by atomic mass is 10.0. The van der Waals surface area contributed by atoms with Gasteiger partial charge in [0, 0.05) is 0 Å². The standard InChI is InChI=1S/C15H16N2O5/c1-8(2)12(15(20)21)17-14(19)9-5-6-10(16-13(9)18)11-4-3-7-22-11/h3-8,12H,1-2H3,(H,16,18)(H,17,19)(H,20,21)/t12-/m0/s1. The third kappa shape index (κ3) is 3.25. The van der Waals surface area contributed by atoms with E-state index in [1.807, 2.05) is 0 Å². The molecule has 0 unspecified atom stereocenters. The lowest BCUT2D eigenvalue weighted by molar-refractivity contribution is -0.140. The van der Waals surface area contributed by atoms with Gasteiger partial charge in [0.25, 0.3) is 11.5 Å². The first kappa shape index (κ1) is 15.6. The van der Waals surface area contributed by atoms with Crippen molar-refractivity contribution in [2.75, 3.05) is 0 Å². The van der Waals surface area contributed by atoms with Crippen LogP contribution in [0.15, 0.2) is 39.7 Å². The van der Waals surface area contributed by atoms with Gasteiger partial charge in [-0.1, -0.05) is 13.8 Å². The van der Waals surface area contributed by atoms with E-state index < -0.39 is 23.5 Å². The number of furan rings is 1. The van der Waals surface area contributed by atoms with E-state index in [9.17, 15) is 14.4 Å². The molecule has 0 radical (unpaired) electrons. The minimum atomic E-state index is -1.15. The number of amides is 1. The SMILES string of the molecule is CC(C)[C@H](NC(=O)c1ccc(-c2ccco2)[nH]c1=O)C(=O)O. The van der Waals surface area contributed by atoms with E-state index in [-0.39, 0.29) is 11.5 Å². The highest BCUT2D eigenvalue weighted by Crippen LogP contribution is 2.15. The fourth-order valence-corrected chi connectivity index (χ4v) is 1.96. The van der Waals surface area contributed by atoms with Crippen molar-refractivity contribution in [2.45, 2.75) is 19.9 Å². The summed E-state index contributed by atoms with van der Waals surface area (Å²) in [4.78, 5) is 37.7. The second kappa shape index (κ2) is 6.30. The quantitative estimate of drug-likeness (QED) is 0.774. The van der Waals surface area contributed by atoms with E-state index in [0.29, 0.717) is 11.5 Å². The summed E-state index contributed by atoms with van der Waals surface area (Å²) in [6.07, 6.45) is 1.47. The fourth-order valence-electron chi connectivity index (χ4n) is 1.96. The predicted octanol–water partition coefficient (Wildman–Crippen LogP) is 1.47. The molecule has 2 heterocycles. The number of hydrogen-bond acceptors (Lipinski definition) is 4. The summed E-state index contributed by atoms with van der Waals surface area (Å²) >= 11 is 0. The first-order valence-corrected chi connectivity index (χ1v) is 6.71. The molecular formula is C15H16N2O5. The molecule has 0 spiro atoms. The normalized spacial score (nSPS) is 12.1. The smallest absolute Gasteiger partial charge is 0.326 e. The summed E-state index contributed by atoms with van der Waals surface area (Å²) in [6.45, 7) is 3.34. The van der Waals surface area contributed by atoms with Crippen LogP contribution in [0.25, 0.3) is 11.5 Å². The number of carbonyl (C=O) groups excluding carboxylic acids is 1. The highest BCUT2D eigenvalue weighted by atomic mass is 16.4. The minimum absolute atomic E-state index is 0.151. The van der Waals surface area contributed by atoms with Gasteiger partial charge in [-0.3, -0.25) is 9.59 Å². The number of aliphatic carboxylic acids is 1. The first-order valence-electron chi connectivity index (χ1n) is 6.71. The number of H-pyrrole nitrogens is 1. The summed E-state index contributed by atoms with van der Waals surface area (Å²) in [5.74, 6) is -1.71. The van der Waals surface area contributed by atoms with Gasteiger partial charge >= 0.3 is 5.97 Å². The van der Waals surface area contributed by atoms with Crippen LogP contribution in [-0.4, -0.2) is 28.0 Å². The number of pyridine rings is 1. The van der Waals surface area contributed by atoms with Crippen molar-refractivity contribution < 1.29 is 19.1 Å². The van der Waals surface area contributed by atoms with Crippen LogP contribution in [-0.2, 0) is 4.79 Å². The molecule has 0 aromatic carbocycles. The van der Waals surface area contributed by atoms with Crippen LogP contribution >= 0.6 is 0 Å². The Morgan fingerprint density at radius 2 is 2.00 bits per heavy atom. The highest BCUT2D eigenvalue weighted by Gasteiger charge is 2.25. The number of carboxylic acid groups (broad SMARTS) is 1. The molecule has 116 valence electrons. The van der Waals surface area contributed by atoms with Gasteiger partial charge < -0.3 is 19.8 Å². The van der Waals surface area contributed by atoms with Crippen LogP contribution in [0, 0.1) is 5.92 Å². The predicted molar refractivity (Wildman–Crippen MR) is 78.5 cm³/mol. The summed E-state index contributed by atoms with van der Waals surface area (Å²) in [7, 11) is 0. The van der Waals surface area contributed by atoms with Gasteiger partial charge in [0.1, 0.15) is 17.4 Å². The Kier molecular flexibility index (Phi) is 4.45. The Morgan fingerprint density at radius 3 is 2.50 bits per heavy atom. The molecule has 22 heavy (non-hydrogen) atoms. The van der Waals surface area contributed by atoms with Crippen LogP contribution in [0.5, 0.6) is 0 Å². The first-order chi connectivity index (χ1) is 10.4. The maximum atomic E-state index is 12.1. The van der Waals surface area contributed by atoms with E-state index in [0.717, 1.165) is 0 Å². The van der Waals surface area contributed by atoms with Gasteiger partial charge in [-0.2, -0.15) is 0 Å². The van der Waals surface area contributed by atoms with Crippen LogP contribution in [0.1, 0.15) is 24.2 Å². The average molecular weight is 304 g/mol. The Labute approximate surface area is 126 Å². The molecule has 0 aliphatic carbocycles. The van der Waals surface area contributed by atoms with Gasteiger partial charge in [0.2, 0.25) is 0 Å². The lowest BCUT2D eigenvalue weighted by Gasteiger charge is -2.17. The van der Waals surface area contributed by atoms with E-state index in [1.165, 1.54) is 18.4 Å². The second-order valence-electron chi connectivity index (χ2n) is 5.13. The van der Waals surface area contributed by atoms with Crippen molar-refractivity contribution >= 4 is 11.9 Å². The number of aromatic nitrogens is 1. The molecule has 7 heteroatoms. The third-order valence-corrected chi connectivity index (χ3v) is 3.16. The molecule has 0 saturated heterocycles. The van der Waals surface area contributed by atoms with Crippen molar-refractivity contribution in [2.24, 2.45) is 5.92 Å². The topological polar surface area (TPSA) is 112 Å². The molecule has 1 amide bonds. The fraction of sp³-hybridized carbons (Fsp3) is 0.267. The molecule has 1 atom stereocenters. The summed E-state index contributed by atoms with van der Waals surface area (Å²) in [6, 6.07) is 5.15. The van der Waals surface area contributed by atoms with Crippen molar-refractivity contribution in [1.82, 2.24) is 10.3 Å². The average Bonchev–Trinajstić information content (AvgIpc) is 2.97. The number of carboxylic acids is 1. The van der Waals surface area contributed by atoms with E-state index in [1.54, 1.807) is 26.0 Å². The van der Waals surface area contributed by atoms with E-state index >= 15 is 0 Å². The van der Waals surface area contributed by atoms with E-state index in [2.05, 4.69) is 10.3 Å². The van der Waals surface area contributed by atoms with Crippen molar-refractivity contribution in [1.29, 1.82) is 0 Å². The largest absolute Gasteiger partial charge is 0.480 e. The van der Waals surface area contributed by atoms with Gasteiger partial charge in [-0.05, 0) is 30.2 Å². The zero-order valence-electron chi connectivity index (χ0n) is 12.1. The molecule has 0 bridgehead atoms. The molecule has 7 nitrogen and oxygen atoms in total. The van der Waals surface area contributed by atoms with Crippen LogP contribution in [0.4, 0.5) is 0 Å². The number of aromatic amines is 1. The molecule has 2 rings (SSSR count). The molecule has 2 aromatic rings. The Balaban J connectivity index is 2.24. The molecule has 0 aliphatic heterocycles. The maximum Gasteiger partial charge on any atom is 0.326 e. The zero-order valence-corrected chi connectivity index (χ0v) is 12.1. The Hall–Kier alpha value is -2.83. The molecule has 0 saturated carbocycles. The van der Waals surface area contributed by atoms with Gasteiger partial charge in [0.15, 0.2) is 0 Å². The zero-order chi connectivity index (χ0) is 16.3. The monoisotopic (exact) mass is 304 g/mol. The Morgan fingerprint density at radius 1 is 1.27 bits per heavy atom. The number of carbonyl (C=O) groups is 2. The highest BCUT2D eigenvalue weighted by molar-refractivity contribution is 5.96. The summed E-state index contributed by atoms with van der Waals surface area (Å²) < 4.78 is 5.15. The molecule has 2 aromatic heterocycles. The molecular weight excluding hydrogens is 288 g/mol. The van der Waals surface area contributed by atoms with E-state index in [4.69, 9.17) is 9.52 Å². The lowest BCUT2D eigenvalue weighted by Crippen LogP contribution is -2.45. The summed E-state index contributed by atoms with van der Waals surface area (Å²) in [5, 5.41) is 11.4.